The van der Waals surface area contributed by atoms with E-state index >= 15 is 0 Å². The first-order chi connectivity index (χ1) is 16.8. The maximum absolute atomic E-state index is 13.4. The Bertz CT molecular complexity index is 1320. The largest absolute Gasteiger partial charge is 0.493 e. The number of amides is 1. The van der Waals surface area contributed by atoms with Crippen molar-refractivity contribution >= 4 is 27.3 Å². The molecule has 1 N–H and O–H groups in total. The van der Waals surface area contributed by atoms with Crippen LogP contribution in [0.4, 0.5) is 11.4 Å². The van der Waals surface area contributed by atoms with Crippen LogP contribution in [0.15, 0.2) is 65.6 Å². The highest BCUT2D eigenvalue weighted by Gasteiger charge is 2.32. The van der Waals surface area contributed by atoms with E-state index in [1.54, 1.807) is 36.4 Å². The maximum Gasteiger partial charge on any atom is 0.264 e. The van der Waals surface area contributed by atoms with Crippen LogP contribution in [0.3, 0.4) is 0 Å². The molecule has 1 amide bonds. The van der Waals surface area contributed by atoms with Gasteiger partial charge in [0.2, 0.25) is 5.75 Å². The summed E-state index contributed by atoms with van der Waals surface area (Å²) in [6.07, 6.45) is -0.295. The summed E-state index contributed by atoms with van der Waals surface area (Å²) >= 11 is 0. The van der Waals surface area contributed by atoms with Gasteiger partial charge in [0.25, 0.3) is 15.9 Å². The zero-order valence-corrected chi connectivity index (χ0v) is 20.6. The zero-order valence-electron chi connectivity index (χ0n) is 19.8. The third-order valence-electron chi connectivity index (χ3n) is 5.51. The summed E-state index contributed by atoms with van der Waals surface area (Å²) in [5, 5.41) is 2.76. The molecule has 0 spiro atoms. The molecule has 1 aliphatic rings. The molecular formula is C25H26N2O7S. The Morgan fingerprint density at radius 1 is 0.971 bits per heavy atom. The Morgan fingerprint density at radius 3 is 2.20 bits per heavy atom. The monoisotopic (exact) mass is 498 g/mol. The molecule has 0 fully saturated rings. The minimum Gasteiger partial charge on any atom is -0.493 e. The molecule has 35 heavy (non-hydrogen) atoms. The van der Waals surface area contributed by atoms with Gasteiger partial charge in [0.05, 0.1) is 38.5 Å². The minimum atomic E-state index is -3.84. The fourth-order valence-electron chi connectivity index (χ4n) is 3.83. The molecule has 0 aliphatic carbocycles. The quantitative estimate of drug-likeness (QED) is 0.526. The summed E-state index contributed by atoms with van der Waals surface area (Å²) < 4.78 is 49.8. The van der Waals surface area contributed by atoms with E-state index in [0.29, 0.717) is 34.4 Å². The average molecular weight is 499 g/mol. The summed E-state index contributed by atoms with van der Waals surface area (Å²) in [6.45, 7) is 2.01. The number of carbonyl (C=O) groups is 1. The fourth-order valence-corrected chi connectivity index (χ4v) is 5.38. The summed E-state index contributed by atoms with van der Waals surface area (Å²) in [5.41, 5.74) is 1.21. The zero-order chi connectivity index (χ0) is 25.2. The second kappa shape index (κ2) is 9.75. The number of fused-ring (bicyclic) bond motifs is 1. The van der Waals surface area contributed by atoms with Gasteiger partial charge in [-0.25, -0.2) is 8.42 Å². The lowest BCUT2D eigenvalue weighted by Gasteiger charge is -2.34. The smallest absolute Gasteiger partial charge is 0.264 e. The molecule has 0 saturated heterocycles. The van der Waals surface area contributed by atoms with Gasteiger partial charge in [-0.2, -0.15) is 0 Å². The van der Waals surface area contributed by atoms with Crippen LogP contribution in [-0.2, 0) is 10.0 Å². The van der Waals surface area contributed by atoms with Gasteiger partial charge in [0.1, 0.15) is 11.9 Å². The van der Waals surface area contributed by atoms with Crippen LogP contribution in [-0.4, -0.2) is 48.3 Å². The molecule has 0 bridgehead atoms. The number of nitrogens with one attached hydrogen (secondary N) is 1. The van der Waals surface area contributed by atoms with Crippen LogP contribution >= 0.6 is 0 Å². The van der Waals surface area contributed by atoms with Crippen molar-refractivity contribution in [3.8, 4) is 23.0 Å². The number of benzene rings is 3. The molecule has 3 aromatic rings. The van der Waals surface area contributed by atoms with Crippen molar-refractivity contribution in [2.24, 2.45) is 0 Å². The molecular weight excluding hydrogens is 472 g/mol. The fraction of sp³-hybridized carbons (Fsp3) is 0.240. The van der Waals surface area contributed by atoms with Gasteiger partial charge < -0.3 is 24.3 Å². The highest BCUT2D eigenvalue weighted by molar-refractivity contribution is 7.92. The van der Waals surface area contributed by atoms with Crippen molar-refractivity contribution in [3.63, 3.8) is 0 Å². The molecule has 9 nitrogen and oxygen atoms in total. The van der Waals surface area contributed by atoms with Crippen molar-refractivity contribution in [3.05, 3.63) is 66.2 Å². The molecule has 1 atom stereocenters. The van der Waals surface area contributed by atoms with Crippen LogP contribution in [0.5, 0.6) is 23.0 Å². The predicted molar refractivity (Wildman–Crippen MR) is 132 cm³/mol. The van der Waals surface area contributed by atoms with Crippen LogP contribution in [0, 0.1) is 0 Å². The number of ether oxygens (including phenoxy) is 4. The number of sulfonamides is 1. The maximum atomic E-state index is 13.4. The van der Waals surface area contributed by atoms with E-state index in [9.17, 15) is 13.2 Å². The number of hydrogen-bond acceptors (Lipinski definition) is 7. The first-order valence-corrected chi connectivity index (χ1v) is 12.2. The molecule has 184 valence electrons. The van der Waals surface area contributed by atoms with Gasteiger partial charge >= 0.3 is 0 Å². The third kappa shape index (κ3) is 4.69. The summed E-state index contributed by atoms with van der Waals surface area (Å²) in [4.78, 5) is 13.0. The molecule has 3 aromatic carbocycles. The molecule has 0 aromatic heterocycles. The number of nitrogens with zero attached hydrogens (tertiary/aromatic N) is 1. The van der Waals surface area contributed by atoms with Crippen LogP contribution in [0.2, 0.25) is 0 Å². The first-order valence-electron chi connectivity index (χ1n) is 10.8. The van der Waals surface area contributed by atoms with E-state index in [1.807, 2.05) is 6.92 Å². The Balaban J connectivity index is 1.57. The van der Waals surface area contributed by atoms with Gasteiger partial charge in [-0.15, -0.1) is 0 Å². The van der Waals surface area contributed by atoms with E-state index in [1.165, 1.54) is 49.9 Å². The molecule has 0 saturated carbocycles. The number of rotatable bonds is 7. The number of methoxy groups -OCH3 is 3. The molecule has 4 rings (SSSR count). The summed E-state index contributed by atoms with van der Waals surface area (Å²) in [6, 6.07) is 16.1. The lowest BCUT2D eigenvalue weighted by molar-refractivity contribution is 0.102. The van der Waals surface area contributed by atoms with E-state index in [-0.39, 0.29) is 23.1 Å². The van der Waals surface area contributed by atoms with Crippen molar-refractivity contribution in [1.29, 1.82) is 0 Å². The third-order valence-corrected chi connectivity index (χ3v) is 7.31. The van der Waals surface area contributed by atoms with E-state index < -0.39 is 15.9 Å². The van der Waals surface area contributed by atoms with Gasteiger partial charge in [0.15, 0.2) is 11.5 Å². The summed E-state index contributed by atoms with van der Waals surface area (Å²) in [7, 11) is 0.568. The highest BCUT2D eigenvalue weighted by Crippen LogP contribution is 2.39. The summed E-state index contributed by atoms with van der Waals surface area (Å²) in [5.74, 6) is 1.16. The van der Waals surface area contributed by atoms with E-state index in [2.05, 4.69) is 5.32 Å². The number of anilines is 2. The van der Waals surface area contributed by atoms with Gasteiger partial charge in [0, 0.05) is 11.3 Å². The van der Waals surface area contributed by atoms with Crippen molar-refractivity contribution in [2.45, 2.75) is 17.9 Å². The Hall–Kier alpha value is -3.92. The molecule has 1 aliphatic heterocycles. The number of hydrogen-bond donors (Lipinski definition) is 1. The Kier molecular flexibility index (Phi) is 6.74. The second-order valence-electron chi connectivity index (χ2n) is 7.82. The standard InChI is InChI=1S/C25H26N2O7S/c1-16-15-27(20-7-5-6-8-21(20)34-16)35(29,30)19-11-9-18(10-12-19)26-25(28)17-13-22(31-2)24(33-4)23(14-17)32-3/h5-14,16H,15H2,1-4H3,(H,26,28)/t16-/m1/s1. The van der Waals surface area contributed by atoms with Crippen LogP contribution < -0.4 is 28.6 Å². The van der Waals surface area contributed by atoms with Gasteiger partial charge in [-0.3, -0.25) is 9.10 Å². The molecule has 10 heteroatoms. The Morgan fingerprint density at radius 2 is 1.60 bits per heavy atom. The molecule has 1 heterocycles. The normalized spacial score (nSPS) is 15.0. The van der Waals surface area contributed by atoms with Crippen molar-refractivity contribution in [1.82, 2.24) is 0 Å². The molecule has 0 radical (unpaired) electrons. The van der Waals surface area contributed by atoms with Crippen molar-refractivity contribution < 1.29 is 32.2 Å². The second-order valence-corrected chi connectivity index (χ2v) is 9.69. The molecule has 0 unspecified atom stereocenters. The lowest BCUT2D eigenvalue weighted by atomic mass is 10.1. The Labute approximate surface area is 204 Å². The van der Waals surface area contributed by atoms with Crippen molar-refractivity contribution in [2.75, 3.05) is 37.5 Å². The van der Waals surface area contributed by atoms with Gasteiger partial charge in [-0.05, 0) is 55.5 Å². The van der Waals surface area contributed by atoms with E-state index in [4.69, 9.17) is 18.9 Å². The number of carbonyl (C=O) groups excluding carboxylic acids is 1. The average Bonchev–Trinajstić information content (AvgIpc) is 2.87. The first kappa shape index (κ1) is 24.2. The lowest BCUT2D eigenvalue weighted by Crippen LogP contribution is -2.42. The SMILES string of the molecule is COc1cc(C(=O)Nc2ccc(S(=O)(=O)N3C[C@@H](C)Oc4ccccc43)cc2)cc(OC)c1OC. The topological polar surface area (TPSA) is 103 Å². The van der Waals surface area contributed by atoms with Crippen LogP contribution in [0.25, 0.3) is 0 Å². The predicted octanol–water partition coefficient (Wildman–Crippen LogP) is 3.94. The van der Waals surface area contributed by atoms with E-state index in [0.717, 1.165) is 0 Å². The minimum absolute atomic E-state index is 0.104. The highest BCUT2D eigenvalue weighted by atomic mass is 32.2. The van der Waals surface area contributed by atoms with Crippen LogP contribution in [0.1, 0.15) is 17.3 Å². The number of para-hydroxylation sites is 2. The van der Waals surface area contributed by atoms with Gasteiger partial charge in [-0.1, -0.05) is 12.1 Å².